The number of alkyl halides is 3. The third kappa shape index (κ3) is 3.41. The molecule has 124 valence electrons. The fraction of sp³-hybridized carbons (Fsp3) is 0.154. The van der Waals surface area contributed by atoms with Crippen LogP contribution in [-0.4, -0.2) is 25.7 Å². The van der Waals surface area contributed by atoms with Crippen LogP contribution in [0.3, 0.4) is 0 Å². The summed E-state index contributed by atoms with van der Waals surface area (Å²) >= 11 is 2.29. The van der Waals surface area contributed by atoms with Gasteiger partial charge in [0.15, 0.2) is 5.01 Å². The quantitative estimate of drug-likeness (QED) is 0.760. The van der Waals surface area contributed by atoms with Crippen LogP contribution in [0.1, 0.15) is 21.6 Å². The Balaban J connectivity index is 1.74. The largest absolute Gasteiger partial charge is 0.416 e. The van der Waals surface area contributed by atoms with E-state index in [-0.39, 0.29) is 10.7 Å². The molecule has 0 atom stereocenters. The lowest BCUT2D eigenvalue weighted by Crippen LogP contribution is -2.12. The molecule has 0 bridgehead atoms. The third-order valence-electron chi connectivity index (χ3n) is 2.97. The minimum Gasteiger partial charge on any atom is -0.296 e. The number of nitrogens with one attached hydrogen (secondary N) is 1. The third-order valence-corrected chi connectivity index (χ3v) is 4.79. The van der Waals surface area contributed by atoms with Gasteiger partial charge in [0, 0.05) is 5.56 Å². The van der Waals surface area contributed by atoms with Crippen molar-refractivity contribution >= 4 is 33.9 Å². The minimum atomic E-state index is -4.44. The van der Waals surface area contributed by atoms with Crippen LogP contribution >= 0.6 is 22.9 Å². The SMILES string of the molecule is Cc1nnsc1-c1nnc(NC(=O)c2ccc(C(F)(F)F)cc2)s1. The molecule has 0 saturated heterocycles. The molecule has 0 fully saturated rings. The lowest BCUT2D eigenvalue weighted by Gasteiger charge is -2.07. The normalized spacial score (nSPS) is 11.5. The van der Waals surface area contributed by atoms with Crippen LogP contribution in [0.4, 0.5) is 18.3 Å². The van der Waals surface area contributed by atoms with Crippen molar-refractivity contribution in [3.8, 4) is 9.88 Å². The number of carbonyl (C=O) groups excluding carboxylic acids is 1. The van der Waals surface area contributed by atoms with E-state index in [0.29, 0.717) is 10.7 Å². The highest BCUT2D eigenvalue weighted by Crippen LogP contribution is 2.31. The van der Waals surface area contributed by atoms with Gasteiger partial charge in [-0.2, -0.15) is 13.2 Å². The van der Waals surface area contributed by atoms with Crippen molar-refractivity contribution in [1.82, 2.24) is 19.8 Å². The number of amides is 1. The van der Waals surface area contributed by atoms with E-state index in [0.717, 1.165) is 52.0 Å². The smallest absolute Gasteiger partial charge is 0.296 e. The molecule has 6 nitrogen and oxygen atoms in total. The molecule has 0 unspecified atom stereocenters. The van der Waals surface area contributed by atoms with Gasteiger partial charge >= 0.3 is 6.18 Å². The Hall–Kier alpha value is -2.40. The fourth-order valence-corrected chi connectivity index (χ4v) is 3.28. The average Bonchev–Trinajstić information content (AvgIpc) is 3.15. The lowest BCUT2D eigenvalue weighted by molar-refractivity contribution is -0.137. The molecule has 11 heteroatoms. The minimum absolute atomic E-state index is 0.0930. The van der Waals surface area contributed by atoms with E-state index in [4.69, 9.17) is 0 Å². The Bertz CT molecular complexity index is 872. The summed E-state index contributed by atoms with van der Waals surface area (Å²) in [4.78, 5) is 12.8. The van der Waals surface area contributed by atoms with E-state index in [9.17, 15) is 18.0 Å². The maximum absolute atomic E-state index is 12.5. The van der Waals surface area contributed by atoms with Gasteiger partial charge in [0.1, 0.15) is 4.88 Å². The highest BCUT2D eigenvalue weighted by atomic mass is 32.1. The fourth-order valence-electron chi connectivity index (χ4n) is 1.77. The first-order chi connectivity index (χ1) is 11.3. The molecule has 2 heterocycles. The molecule has 24 heavy (non-hydrogen) atoms. The van der Waals surface area contributed by atoms with Gasteiger partial charge in [-0.05, 0) is 42.7 Å². The van der Waals surface area contributed by atoms with Crippen molar-refractivity contribution in [1.29, 1.82) is 0 Å². The summed E-state index contributed by atoms with van der Waals surface area (Å²) in [7, 11) is 0. The van der Waals surface area contributed by atoms with Crippen LogP contribution in [0.25, 0.3) is 9.88 Å². The van der Waals surface area contributed by atoms with Gasteiger partial charge in [-0.1, -0.05) is 15.8 Å². The summed E-state index contributed by atoms with van der Waals surface area (Å²) < 4.78 is 41.3. The van der Waals surface area contributed by atoms with Crippen molar-refractivity contribution in [2.75, 3.05) is 5.32 Å². The molecule has 3 rings (SSSR count). The van der Waals surface area contributed by atoms with Crippen LogP contribution < -0.4 is 5.32 Å². The zero-order chi connectivity index (χ0) is 17.3. The van der Waals surface area contributed by atoms with Crippen LogP contribution in [0.2, 0.25) is 0 Å². The second-order valence-electron chi connectivity index (χ2n) is 4.63. The first kappa shape index (κ1) is 16.5. The second kappa shape index (κ2) is 6.24. The number of rotatable bonds is 3. The number of hydrogen-bond donors (Lipinski definition) is 1. The van der Waals surface area contributed by atoms with E-state index in [1.807, 2.05) is 0 Å². The predicted octanol–water partition coefficient (Wildman–Crippen LogP) is 3.64. The zero-order valence-electron chi connectivity index (χ0n) is 12.0. The summed E-state index contributed by atoms with van der Waals surface area (Å²) in [6.07, 6.45) is -4.44. The monoisotopic (exact) mass is 371 g/mol. The molecule has 0 aliphatic carbocycles. The van der Waals surface area contributed by atoms with Crippen molar-refractivity contribution in [2.45, 2.75) is 13.1 Å². The molecule has 0 aliphatic rings. The maximum atomic E-state index is 12.5. The van der Waals surface area contributed by atoms with Crippen LogP contribution in [0, 0.1) is 6.92 Å². The Morgan fingerprint density at radius 2 is 1.83 bits per heavy atom. The molecule has 0 spiro atoms. The number of carbonyl (C=O) groups is 1. The Kier molecular flexibility index (Phi) is 4.28. The van der Waals surface area contributed by atoms with Crippen molar-refractivity contribution in [3.05, 3.63) is 41.1 Å². The van der Waals surface area contributed by atoms with E-state index in [1.165, 1.54) is 0 Å². The van der Waals surface area contributed by atoms with Gasteiger partial charge in [-0.25, -0.2) is 0 Å². The molecule has 1 amide bonds. The number of aromatic nitrogens is 4. The predicted molar refractivity (Wildman–Crippen MR) is 82.9 cm³/mol. The second-order valence-corrected chi connectivity index (χ2v) is 6.36. The number of hydrogen-bond acceptors (Lipinski definition) is 7. The number of nitrogens with zero attached hydrogens (tertiary/aromatic N) is 4. The van der Waals surface area contributed by atoms with Crippen molar-refractivity contribution in [2.24, 2.45) is 0 Å². The molecule has 1 aromatic carbocycles. The van der Waals surface area contributed by atoms with Gasteiger partial charge in [0.05, 0.1) is 11.3 Å². The Labute approximate surface area is 141 Å². The number of halogens is 3. The van der Waals surface area contributed by atoms with Gasteiger partial charge in [-0.3, -0.25) is 10.1 Å². The topological polar surface area (TPSA) is 80.7 Å². The molecular formula is C13H8F3N5OS2. The molecule has 0 aliphatic heterocycles. The molecule has 1 N–H and O–H groups in total. The van der Waals surface area contributed by atoms with E-state index in [2.05, 4.69) is 25.1 Å². The summed E-state index contributed by atoms with van der Waals surface area (Å²) in [5.41, 5.74) is -0.0161. The van der Waals surface area contributed by atoms with Crippen LogP contribution in [0.15, 0.2) is 24.3 Å². The number of anilines is 1. The van der Waals surface area contributed by atoms with Gasteiger partial charge in [-0.15, -0.1) is 15.3 Å². The first-order valence-corrected chi connectivity index (χ1v) is 8.05. The summed E-state index contributed by atoms with van der Waals surface area (Å²) in [6, 6.07) is 3.92. The Morgan fingerprint density at radius 3 is 2.42 bits per heavy atom. The maximum Gasteiger partial charge on any atom is 0.416 e. The summed E-state index contributed by atoms with van der Waals surface area (Å²) in [5, 5.41) is 15.0. The number of benzene rings is 1. The highest BCUT2D eigenvalue weighted by molar-refractivity contribution is 7.22. The van der Waals surface area contributed by atoms with Crippen LogP contribution in [0.5, 0.6) is 0 Å². The summed E-state index contributed by atoms with van der Waals surface area (Å²) in [5.74, 6) is -0.564. The van der Waals surface area contributed by atoms with E-state index in [1.54, 1.807) is 6.92 Å². The van der Waals surface area contributed by atoms with Gasteiger partial charge in [0.25, 0.3) is 5.91 Å². The van der Waals surface area contributed by atoms with Gasteiger partial charge in [0.2, 0.25) is 5.13 Å². The van der Waals surface area contributed by atoms with Crippen molar-refractivity contribution < 1.29 is 18.0 Å². The molecule has 0 saturated carbocycles. The lowest BCUT2D eigenvalue weighted by atomic mass is 10.1. The molecule has 2 aromatic heterocycles. The highest BCUT2D eigenvalue weighted by Gasteiger charge is 2.30. The van der Waals surface area contributed by atoms with Crippen molar-refractivity contribution in [3.63, 3.8) is 0 Å². The molecule has 3 aromatic rings. The molecular weight excluding hydrogens is 363 g/mol. The van der Waals surface area contributed by atoms with Crippen LogP contribution in [-0.2, 0) is 6.18 Å². The van der Waals surface area contributed by atoms with E-state index >= 15 is 0 Å². The average molecular weight is 371 g/mol. The van der Waals surface area contributed by atoms with E-state index < -0.39 is 17.6 Å². The Morgan fingerprint density at radius 1 is 1.12 bits per heavy atom. The standard InChI is InChI=1S/C13H8F3N5OS2/c1-6-9(24-21-18-6)11-19-20-12(23-11)17-10(22)7-2-4-8(5-3-7)13(14,15)16/h2-5H,1H3,(H,17,20,22). The zero-order valence-corrected chi connectivity index (χ0v) is 13.6. The number of aryl methyl sites for hydroxylation is 1. The molecule has 0 radical (unpaired) electrons. The summed E-state index contributed by atoms with van der Waals surface area (Å²) in [6.45, 7) is 1.78. The van der Waals surface area contributed by atoms with Gasteiger partial charge < -0.3 is 0 Å². The first-order valence-electron chi connectivity index (χ1n) is 6.46.